The minimum atomic E-state index is -0.641. The van der Waals surface area contributed by atoms with Gasteiger partial charge in [-0.05, 0) is 30.0 Å². The van der Waals surface area contributed by atoms with Crippen LogP contribution in [0.1, 0.15) is 21.5 Å². The molecule has 1 amide bonds. The molecule has 4 N–H and O–H groups in total. The minimum absolute atomic E-state index is 0.0556. The van der Waals surface area contributed by atoms with Gasteiger partial charge in [-0.15, -0.1) is 0 Å². The van der Waals surface area contributed by atoms with E-state index in [9.17, 15) is 9.59 Å². The lowest BCUT2D eigenvalue weighted by Gasteiger charge is -2.16. The molecule has 0 aliphatic carbocycles. The van der Waals surface area contributed by atoms with Crippen LogP contribution >= 0.6 is 0 Å². The number of carbonyl (C=O) groups excluding carboxylic acids is 2. The molecule has 1 aromatic rings. The Hall–Kier alpha value is -1.76. The van der Waals surface area contributed by atoms with E-state index in [1.54, 1.807) is 12.1 Å². The van der Waals surface area contributed by atoms with Crippen molar-refractivity contribution in [2.24, 2.45) is 5.73 Å². The summed E-state index contributed by atoms with van der Waals surface area (Å²) >= 11 is 0. The zero-order valence-electron chi connectivity index (χ0n) is 10.4. The molecule has 0 radical (unpaired) electrons. The monoisotopic (exact) mass is 264 g/mol. The van der Waals surface area contributed by atoms with Gasteiger partial charge in [0.05, 0.1) is 17.9 Å². The van der Waals surface area contributed by atoms with E-state index < -0.39 is 11.7 Å². The average molecular weight is 264 g/mol. The van der Waals surface area contributed by atoms with Gasteiger partial charge >= 0.3 is 5.91 Å². The van der Waals surface area contributed by atoms with E-state index in [4.69, 9.17) is 15.9 Å². The summed E-state index contributed by atoms with van der Waals surface area (Å²) < 4.78 is 0. The number of hydrogen-bond donors (Lipinski definition) is 3. The summed E-state index contributed by atoms with van der Waals surface area (Å²) in [5.74, 6) is -1.23. The van der Waals surface area contributed by atoms with E-state index in [2.05, 4.69) is 0 Å². The number of amides is 1. The summed E-state index contributed by atoms with van der Waals surface area (Å²) in [6.45, 7) is -0.242. The van der Waals surface area contributed by atoms with Gasteiger partial charge in [0, 0.05) is 13.2 Å². The van der Waals surface area contributed by atoms with Crippen LogP contribution in [0.2, 0.25) is 0 Å². The molecule has 0 bridgehead atoms. The van der Waals surface area contributed by atoms with Crippen LogP contribution in [-0.2, 0) is 17.6 Å². The molecule has 6 nitrogen and oxygen atoms in total. The number of fused-ring (bicyclic) bond motifs is 1. The van der Waals surface area contributed by atoms with Crippen LogP contribution in [0, 0.1) is 0 Å². The topological polar surface area (TPSA) is 104 Å². The van der Waals surface area contributed by atoms with E-state index in [0.717, 1.165) is 5.56 Å². The lowest BCUT2D eigenvalue weighted by molar-refractivity contribution is -0.114. The minimum Gasteiger partial charge on any atom is -0.396 e. The number of rotatable bonds is 5. The first-order valence-electron chi connectivity index (χ1n) is 6.08. The SMILES string of the molecule is NCN1C(=O)C(=O)c2c1ccc(CCO)c2CCO. The number of aliphatic hydroxyl groups excluding tert-OH is 2. The van der Waals surface area contributed by atoms with Gasteiger partial charge < -0.3 is 15.9 Å². The number of ketones is 1. The number of Topliss-reactive ketones (excluding diaryl/α,β-unsaturated/α-hetero) is 1. The standard InChI is InChI=1S/C13H16N2O4/c14-7-15-10-2-1-8(3-5-16)9(4-6-17)11(10)12(18)13(15)19/h1-2,16-17H,3-7,14H2. The quantitative estimate of drug-likeness (QED) is 0.604. The van der Waals surface area contributed by atoms with E-state index in [1.165, 1.54) is 4.90 Å². The molecule has 0 saturated carbocycles. The van der Waals surface area contributed by atoms with Crippen LogP contribution in [0.25, 0.3) is 0 Å². The van der Waals surface area contributed by atoms with E-state index >= 15 is 0 Å². The van der Waals surface area contributed by atoms with Crippen molar-refractivity contribution in [2.75, 3.05) is 24.8 Å². The molecule has 2 rings (SSSR count). The fourth-order valence-electron chi connectivity index (χ4n) is 2.43. The predicted molar refractivity (Wildman–Crippen MR) is 68.9 cm³/mol. The fraction of sp³-hybridized carbons (Fsp3) is 0.385. The van der Waals surface area contributed by atoms with Crippen molar-refractivity contribution in [3.05, 3.63) is 28.8 Å². The van der Waals surface area contributed by atoms with Gasteiger partial charge in [0.15, 0.2) is 0 Å². The molecular weight excluding hydrogens is 248 g/mol. The summed E-state index contributed by atoms with van der Waals surface area (Å²) in [6.07, 6.45) is 0.655. The molecule has 1 heterocycles. The molecule has 0 aromatic heterocycles. The number of nitrogens with zero attached hydrogens (tertiary/aromatic N) is 1. The van der Waals surface area contributed by atoms with Crippen LogP contribution in [0.3, 0.4) is 0 Å². The smallest absolute Gasteiger partial charge is 0.300 e. The Morgan fingerprint density at radius 1 is 1.11 bits per heavy atom. The second-order valence-corrected chi connectivity index (χ2v) is 4.29. The maximum Gasteiger partial charge on any atom is 0.300 e. The molecule has 0 spiro atoms. The van der Waals surface area contributed by atoms with Gasteiger partial charge in [0.2, 0.25) is 0 Å². The van der Waals surface area contributed by atoms with Crippen LogP contribution in [0.5, 0.6) is 0 Å². The maximum atomic E-state index is 12.0. The molecule has 0 atom stereocenters. The highest BCUT2D eigenvalue weighted by Gasteiger charge is 2.37. The predicted octanol–water partition coefficient (Wildman–Crippen LogP) is -0.798. The third kappa shape index (κ3) is 2.14. The average Bonchev–Trinajstić information content (AvgIpc) is 2.65. The van der Waals surface area contributed by atoms with Crippen molar-refractivity contribution >= 4 is 17.4 Å². The molecule has 1 aromatic carbocycles. The number of anilines is 1. The molecule has 19 heavy (non-hydrogen) atoms. The molecule has 0 unspecified atom stereocenters. The van der Waals surface area contributed by atoms with Crippen LogP contribution < -0.4 is 10.6 Å². The Morgan fingerprint density at radius 2 is 1.79 bits per heavy atom. The van der Waals surface area contributed by atoms with Crippen LogP contribution in [-0.4, -0.2) is 41.8 Å². The Morgan fingerprint density at radius 3 is 2.37 bits per heavy atom. The van der Waals surface area contributed by atoms with Crippen molar-refractivity contribution in [1.82, 2.24) is 0 Å². The van der Waals surface area contributed by atoms with Crippen LogP contribution in [0.15, 0.2) is 12.1 Å². The molecule has 102 valence electrons. The summed E-state index contributed by atoms with van der Waals surface area (Å²) in [4.78, 5) is 25.1. The van der Waals surface area contributed by atoms with Crippen molar-refractivity contribution in [2.45, 2.75) is 12.8 Å². The van der Waals surface area contributed by atoms with Crippen molar-refractivity contribution in [3.63, 3.8) is 0 Å². The lowest BCUT2D eigenvalue weighted by Crippen LogP contribution is -2.34. The van der Waals surface area contributed by atoms with Gasteiger partial charge in [-0.1, -0.05) is 6.07 Å². The van der Waals surface area contributed by atoms with E-state index in [1.807, 2.05) is 0 Å². The first-order valence-corrected chi connectivity index (χ1v) is 6.08. The van der Waals surface area contributed by atoms with Crippen molar-refractivity contribution in [3.8, 4) is 0 Å². The van der Waals surface area contributed by atoms with Gasteiger partial charge in [0.25, 0.3) is 5.78 Å². The van der Waals surface area contributed by atoms with Gasteiger partial charge in [0.1, 0.15) is 0 Å². The zero-order valence-corrected chi connectivity index (χ0v) is 10.4. The summed E-state index contributed by atoms with van der Waals surface area (Å²) in [5.41, 5.74) is 7.69. The molecule has 0 fully saturated rings. The first-order chi connectivity index (χ1) is 9.15. The van der Waals surface area contributed by atoms with Gasteiger partial charge in [-0.25, -0.2) is 0 Å². The first kappa shape index (κ1) is 13.7. The number of hydrogen-bond acceptors (Lipinski definition) is 5. The summed E-state index contributed by atoms with van der Waals surface area (Å²) in [7, 11) is 0. The number of aliphatic hydroxyl groups is 2. The number of nitrogens with two attached hydrogens (primary N) is 1. The third-order valence-electron chi connectivity index (χ3n) is 3.27. The Labute approximate surface area is 110 Å². The number of carbonyl (C=O) groups is 2. The molecular formula is C13H16N2O4. The highest BCUT2D eigenvalue weighted by atomic mass is 16.3. The second kappa shape index (κ2) is 5.48. The van der Waals surface area contributed by atoms with E-state index in [-0.39, 0.29) is 26.3 Å². The Balaban J connectivity index is 2.60. The van der Waals surface area contributed by atoms with Crippen LogP contribution in [0.4, 0.5) is 5.69 Å². The summed E-state index contributed by atoms with van der Waals surface area (Å²) in [6, 6.07) is 3.42. The molecule has 1 aliphatic rings. The highest BCUT2D eigenvalue weighted by molar-refractivity contribution is 6.52. The second-order valence-electron chi connectivity index (χ2n) is 4.29. The fourth-order valence-corrected chi connectivity index (χ4v) is 2.43. The number of benzene rings is 1. The summed E-state index contributed by atoms with van der Waals surface area (Å²) in [5, 5.41) is 18.2. The van der Waals surface area contributed by atoms with Crippen molar-refractivity contribution in [1.29, 1.82) is 0 Å². The zero-order chi connectivity index (χ0) is 14.0. The van der Waals surface area contributed by atoms with E-state index in [0.29, 0.717) is 23.2 Å². The normalized spacial score (nSPS) is 14.2. The Bertz CT molecular complexity index is 528. The van der Waals surface area contributed by atoms with Crippen molar-refractivity contribution < 1.29 is 19.8 Å². The Kier molecular flexibility index (Phi) is 3.94. The molecule has 0 saturated heterocycles. The lowest BCUT2D eigenvalue weighted by atomic mass is 9.94. The molecule has 1 aliphatic heterocycles. The maximum absolute atomic E-state index is 12.0. The largest absolute Gasteiger partial charge is 0.396 e. The third-order valence-corrected chi connectivity index (χ3v) is 3.27. The highest BCUT2D eigenvalue weighted by Crippen LogP contribution is 2.33. The van der Waals surface area contributed by atoms with Gasteiger partial charge in [-0.2, -0.15) is 0 Å². The molecule has 6 heteroatoms. The van der Waals surface area contributed by atoms with Gasteiger partial charge in [-0.3, -0.25) is 14.5 Å².